The summed E-state index contributed by atoms with van der Waals surface area (Å²) in [6.07, 6.45) is 6.58. The highest BCUT2D eigenvalue weighted by Crippen LogP contribution is 2.32. The van der Waals surface area contributed by atoms with Crippen molar-refractivity contribution in [3.63, 3.8) is 0 Å². The molecule has 1 aliphatic rings. The van der Waals surface area contributed by atoms with Crippen LogP contribution in [0.25, 0.3) is 6.08 Å². The maximum absolute atomic E-state index is 5.89. The van der Waals surface area contributed by atoms with Crippen LogP contribution in [0, 0.1) is 0 Å². The summed E-state index contributed by atoms with van der Waals surface area (Å²) in [7, 11) is 1.64. The molecule has 0 saturated carbocycles. The lowest BCUT2D eigenvalue weighted by molar-refractivity contribution is 0.411. The van der Waals surface area contributed by atoms with E-state index in [1.807, 2.05) is 6.08 Å². The summed E-state index contributed by atoms with van der Waals surface area (Å²) in [4.78, 5) is 4.02. The standard InChI is InChI=1S/C9H8ClNO/c1-12-8-5-11-9(10)7-4-2-3-6(7)8/h2-3,5H,4H2,1H3. The third kappa shape index (κ3) is 0.994. The lowest BCUT2D eigenvalue weighted by Crippen LogP contribution is -1.92. The molecule has 12 heavy (non-hydrogen) atoms. The van der Waals surface area contributed by atoms with Crippen LogP contribution in [0.5, 0.6) is 5.75 Å². The lowest BCUT2D eigenvalue weighted by Gasteiger charge is -2.06. The second-order valence-electron chi connectivity index (χ2n) is 2.62. The van der Waals surface area contributed by atoms with Gasteiger partial charge in [-0.25, -0.2) is 4.98 Å². The van der Waals surface area contributed by atoms with Crippen LogP contribution < -0.4 is 4.74 Å². The monoisotopic (exact) mass is 181 g/mol. The molecule has 0 atom stereocenters. The fourth-order valence-corrected chi connectivity index (χ4v) is 1.58. The molecule has 1 aromatic rings. The van der Waals surface area contributed by atoms with Crippen LogP contribution in [0.3, 0.4) is 0 Å². The van der Waals surface area contributed by atoms with E-state index in [2.05, 4.69) is 11.1 Å². The Hall–Kier alpha value is -1.02. The highest BCUT2D eigenvalue weighted by Gasteiger charge is 2.14. The van der Waals surface area contributed by atoms with E-state index < -0.39 is 0 Å². The maximum atomic E-state index is 5.89. The van der Waals surface area contributed by atoms with Gasteiger partial charge in [-0.1, -0.05) is 23.8 Å². The maximum Gasteiger partial charge on any atom is 0.144 e. The highest BCUT2D eigenvalue weighted by atomic mass is 35.5. The molecule has 0 aliphatic heterocycles. The number of methoxy groups -OCH3 is 1. The van der Waals surface area contributed by atoms with Crippen molar-refractivity contribution in [2.24, 2.45) is 0 Å². The van der Waals surface area contributed by atoms with Crippen molar-refractivity contribution in [1.29, 1.82) is 0 Å². The summed E-state index contributed by atoms with van der Waals surface area (Å²) >= 11 is 5.89. The van der Waals surface area contributed by atoms with Gasteiger partial charge in [0.2, 0.25) is 0 Å². The Kier molecular flexibility index (Phi) is 1.77. The zero-order chi connectivity index (χ0) is 8.55. The van der Waals surface area contributed by atoms with E-state index in [0.29, 0.717) is 5.15 Å². The second-order valence-corrected chi connectivity index (χ2v) is 2.97. The number of hydrogen-bond acceptors (Lipinski definition) is 2. The van der Waals surface area contributed by atoms with Crippen molar-refractivity contribution in [1.82, 2.24) is 4.98 Å². The van der Waals surface area contributed by atoms with Gasteiger partial charge >= 0.3 is 0 Å². The molecule has 0 radical (unpaired) electrons. The van der Waals surface area contributed by atoms with Gasteiger partial charge in [-0.3, -0.25) is 0 Å². The minimum absolute atomic E-state index is 0.579. The molecule has 1 aromatic heterocycles. The first-order chi connectivity index (χ1) is 5.83. The molecule has 2 nitrogen and oxygen atoms in total. The van der Waals surface area contributed by atoms with Crippen LogP contribution in [-0.4, -0.2) is 12.1 Å². The smallest absolute Gasteiger partial charge is 0.144 e. The average molecular weight is 182 g/mol. The van der Waals surface area contributed by atoms with Gasteiger partial charge in [-0.2, -0.15) is 0 Å². The van der Waals surface area contributed by atoms with E-state index in [0.717, 1.165) is 23.3 Å². The number of pyridine rings is 1. The van der Waals surface area contributed by atoms with Crippen molar-refractivity contribution in [3.05, 3.63) is 28.6 Å². The minimum Gasteiger partial charge on any atom is -0.494 e. The van der Waals surface area contributed by atoms with Crippen molar-refractivity contribution in [3.8, 4) is 5.75 Å². The normalized spacial score (nSPS) is 13.2. The molecule has 1 heterocycles. The fourth-order valence-electron chi connectivity index (χ4n) is 1.36. The Morgan fingerprint density at radius 2 is 2.42 bits per heavy atom. The quantitative estimate of drug-likeness (QED) is 0.621. The average Bonchev–Trinajstić information content (AvgIpc) is 2.54. The van der Waals surface area contributed by atoms with Gasteiger partial charge < -0.3 is 4.74 Å². The highest BCUT2D eigenvalue weighted by molar-refractivity contribution is 6.30. The summed E-state index contributed by atoms with van der Waals surface area (Å²) in [6, 6.07) is 0. The number of ether oxygens (including phenoxy) is 1. The minimum atomic E-state index is 0.579. The molecule has 62 valence electrons. The zero-order valence-electron chi connectivity index (χ0n) is 6.67. The molecule has 0 unspecified atom stereocenters. The number of allylic oxidation sites excluding steroid dienone is 1. The first-order valence-electron chi connectivity index (χ1n) is 3.71. The molecule has 0 saturated heterocycles. The van der Waals surface area contributed by atoms with E-state index in [1.54, 1.807) is 13.3 Å². The van der Waals surface area contributed by atoms with Crippen LogP contribution in [0.2, 0.25) is 5.15 Å². The predicted octanol–water partition coefficient (Wildman–Crippen LogP) is 2.31. The van der Waals surface area contributed by atoms with E-state index >= 15 is 0 Å². The van der Waals surface area contributed by atoms with Gasteiger partial charge in [-0.15, -0.1) is 0 Å². The third-order valence-electron chi connectivity index (χ3n) is 1.96. The Balaban J connectivity index is 2.62. The number of aromatic nitrogens is 1. The second kappa shape index (κ2) is 2.79. The predicted molar refractivity (Wildman–Crippen MR) is 48.5 cm³/mol. The summed E-state index contributed by atoms with van der Waals surface area (Å²) in [5.74, 6) is 0.795. The van der Waals surface area contributed by atoms with E-state index in [9.17, 15) is 0 Å². The summed E-state index contributed by atoms with van der Waals surface area (Å²) < 4.78 is 5.14. The fraction of sp³-hybridized carbons (Fsp3) is 0.222. The number of nitrogens with zero attached hydrogens (tertiary/aromatic N) is 1. The van der Waals surface area contributed by atoms with Crippen molar-refractivity contribution >= 4 is 17.7 Å². The third-order valence-corrected chi connectivity index (χ3v) is 2.29. The van der Waals surface area contributed by atoms with Crippen LogP contribution in [0.4, 0.5) is 0 Å². The van der Waals surface area contributed by atoms with E-state index in [1.165, 1.54) is 0 Å². The Bertz CT molecular complexity index is 347. The van der Waals surface area contributed by atoms with Crippen molar-refractivity contribution < 1.29 is 4.74 Å². The van der Waals surface area contributed by atoms with E-state index in [-0.39, 0.29) is 0 Å². The SMILES string of the molecule is COc1cnc(Cl)c2c1C=CC2. The van der Waals surface area contributed by atoms with Crippen molar-refractivity contribution in [2.45, 2.75) is 6.42 Å². The zero-order valence-corrected chi connectivity index (χ0v) is 7.43. The van der Waals surface area contributed by atoms with Gasteiger partial charge in [0.25, 0.3) is 0 Å². The molecule has 1 aliphatic carbocycles. The molecule has 3 heteroatoms. The molecule has 0 spiro atoms. The Morgan fingerprint density at radius 1 is 1.58 bits per heavy atom. The van der Waals surface area contributed by atoms with Crippen LogP contribution in [-0.2, 0) is 6.42 Å². The largest absolute Gasteiger partial charge is 0.494 e. The topological polar surface area (TPSA) is 22.1 Å². The van der Waals surface area contributed by atoms with Gasteiger partial charge in [0.1, 0.15) is 10.9 Å². The summed E-state index contributed by atoms with van der Waals surface area (Å²) in [5, 5.41) is 0.579. The molecule has 2 rings (SSSR count). The molecule has 0 bridgehead atoms. The van der Waals surface area contributed by atoms with E-state index in [4.69, 9.17) is 16.3 Å². The molecule has 0 N–H and O–H groups in total. The Labute approximate surface area is 75.8 Å². The molecular weight excluding hydrogens is 174 g/mol. The molecule has 0 fully saturated rings. The van der Waals surface area contributed by atoms with Crippen LogP contribution in [0.1, 0.15) is 11.1 Å². The lowest BCUT2D eigenvalue weighted by atomic mass is 10.2. The first kappa shape index (κ1) is 7.62. The first-order valence-corrected chi connectivity index (χ1v) is 4.08. The van der Waals surface area contributed by atoms with Crippen molar-refractivity contribution in [2.75, 3.05) is 7.11 Å². The number of hydrogen-bond donors (Lipinski definition) is 0. The Morgan fingerprint density at radius 3 is 3.17 bits per heavy atom. The molecule has 0 amide bonds. The summed E-state index contributed by atoms with van der Waals surface area (Å²) in [6.45, 7) is 0. The number of halogens is 1. The number of fused-ring (bicyclic) bond motifs is 1. The van der Waals surface area contributed by atoms with Crippen LogP contribution >= 0.6 is 11.6 Å². The summed E-state index contributed by atoms with van der Waals surface area (Å²) in [5.41, 5.74) is 2.13. The number of rotatable bonds is 1. The van der Waals surface area contributed by atoms with Crippen LogP contribution in [0.15, 0.2) is 12.3 Å². The molecular formula is C9H8ClNO. The van der Waals surface area contributed by atoms with Gasteiger partial charge in [0.05, 0.1) is 13.3 Å². The van der Waals surface area contributed by atoms with Gasteiger partial charge in [0, 0.05) is 11.1 Å². The van der Waals surface area contributed by atoms with Gasteiger partial charge in [0.15, 0.2) is 0 Å². The van der Waals surface area contributed by atoms with Gasteiger partial charge in [-0.05, 0) is 6.42 Å². The molecule has 0 aromatic carbocycles.